The van der Waals surface area contributed by atoms with Crippen molar-refractivity contribution < 1.29 is 18.7 Å². The maximum atomic E-state index is 12.8. The van der Waals surface area contributed by atoms with Crippen LogP contribution in [0.15, 0.2) is 54.6 Å². The zero-order chi connectivity index (χ0) is 16.2. The molecule has 0 atom stereocenters. The number of cyclic esters (lactones) is 1. The van der Waals surface area contributed by atoms with Gasteiger partial charge in [-0.25, -0.2) is 9.18 Å². The van der Waals surface area contributed by atoms with Crippen LogP contribution in [0.1, 0.15) is 15.9 Å². The molecular weight excluding hydrogens is 297 g/mol. The third-order valence-corrected chi connectivity index (χ3v) is 3.50. The van der Waals surface area contributed by atoms with E-state index in [4.69, 9.17) is 4.74 Å². The molecule has 5 heteroatoms. The standard InChI is InChI=1S/C18H14FNO3/c19-15-7-4-13(5-8-15)6-9-17(21)14-2-1-3-16(12-14)20-10-11-23-18(20)22/h1-9,12H,10-11H2. The smallest absolute Gasteiger partial charge is 0.414 e. The van der Waals surface area contributed by atoms with Crippen LogP contribution in [-0.4, -0.2) is 25.0 Å². The second-order valence-electron chi connectivity index (χ2n) is 5.07. The Hall–Kier alpha value is -2.95. The Bertz CT molecular complexity index is 768. The third kappa shape index (κ3) is 3.45. The molecule has 1 aliphatic rings. The number of amides is 1. The van der Waals surface area contributed by atoms with Gasteiger partial charge in [-0.1, -0.05) is 30.3 Å². The third-order valence-electron chi connectivity index (χ3n) is 3.50. The van der Waals surface area contributed by atoms with Crippen LogP contribution in [0.25, 0.3) is 6.08 Å². The molecule has 1 aliphatic heterocycles. The lowest BCUT2D eigenvalue weighted by atomic mass is 10.1. The first-order valence-corrected chi connectivity index (χ1v) is 7.16. The van der Waals surface area contributed by atoms with E-state index in [1.165, 1.54) is 23.1 Å². The lowest BCUT2D eigenvalue weighted by Gasteiger charge is -2.13. The number of rotatable bonds is 4. The van der Waals surface area contributed by atoms with Gasteiger partial charge in [0.1, 0.15) is 12.4 Å². The summed E-state index contributed by atoms with van der Waals surface area (Å²) in [6, 6.07) is 12.7. The molecule has 0 bridgehead atoms. The molecule has 3 rings (SSSR count). The predicted molar refractivity (Wildman–Crippen MR) is 84.9 cm³/mol. The predicted octanol–water partition coefficient (Wildman–Crippen LogP) is 3.68. The van der Waals surface area contributed by atoms with E-state index in [1.807, 2.05) is 0 Å². The van der Waals surface area contributed by atoms with E-state index in [1.54, 1.807) is 42.5 Å². The normalized spacial score (nSPS) is 14.3. The summed E-state index contributed by atoms with van der Waals surface area (Å²) < 4.78 is 17.7. The zero-order valence-corrected chi connectivity index (χ0v) is 12.2. The highest BCUT2D eigenvalue weighted by molar-refractivity contribution is 6.07. The molecule has 0 spiro atoms. The summed E-state index contributed by atoms with van der Waals surface area (Å²) in [4.78, 5) is 25.3. The molecule has 2 aromatic carbocycles. The van der Waals surface area contributed by atoms with Gasteiger partial charge in [0.05, 0.1) is 6.54 Å². The molecule has 0 radical (unpaired) electrons. The summed E-state index contributed by atoms with van der Waals surface area (Å²) in [5.41, 5.74) is 1.84. The average Bonchev–Trinajstić information content (AvgIpc) is 3.00. The molecule has 23 heavy (non-hydrogen) atoms. The van der Waals surface area contributed by atoms with E-state index in [0.717, 1.165) is 5.56 Å². The second-order valence-corrected chi connectivity index (χ2v) is 5.07. The number of nitrogens with zero attached hydrogens (tertiary/aromatic N) is 1. The van der Waals surface area contributed by atoms with Crippen LogP contribution in [0.3, 0.4) is 0 Å². The van der Waals surface area contributed by atoms with Crippen molar-refractivity contribution in [2.24, 2.45) is 0 Å². The van der Waals surface area contributed by atoms with Crippen molar-refractivity contribution in [3.8, 4) is 0 Å². The fourth-order valence-corrected chi connectivity index (χ4v) is 2.30. The Labute approximate surface area is 132 Å². The molecule has 0 saturated carbocycles. The van der Waals surface area contributed by atoms with Crippen molar-refractivity contribution in [3.05, 3.63) is 71.6 Å². The van der Waals surface area contributed by atoms with Crippen molar-refractivity contribution in [1.29, 1.82) is 0 Å². The number of ketones is 1. The highest BCUT2D eigenvalue weighted by atomic mass is 19.1. The minimum absolute atomic E-state index is 0.191. The summed E-state index contributed by atoms with van der Waals surface area (Å²) in [6.45, 7) is 0.823. The minimum Gasteiger partial charge on any atom is -0.447 e. The van der Waals surface area contributed by atoms with Crippen LogP contribution in [0.5, 0.6) is 0 Å². The van der Waals surface area contributed by atoms with Gasteiger partial charge in [-0.3, -0.25) is 9.69 Å². The van der Waals surface area contributed by atoms with Crippen LogP contribution >= 0.6 is 0 Å². The van der Waals surface area contributed by atoms with E-state index in [0.29, 0.717) is 24.4 Å². The number of carbonyl (C=O) groups excluding carboxylic acids is 2. The van der Waals surface area contributed by atoms with Gasteiger partial charge in [0.15, 0.2) is 5.78 Å². The van der Waals surface area contributed by atoms with E-state index in [-0.39, 0.29) is 11.6 Å². The Balaban J connectivity index is 1.77. The highest BCUT2D eigenvalue weighted by Crippen LogP contribution is 2.20. The van der Waals surface area contributed by atoms with Crippen LogP contribution in [0.4, 0.5) is 14.9 Å². The number of halogens is 1. The Morgan fingerprint density at radius 3 is 2.65 bits per heavy atom. The van der Waals surface area contributed by atoms with Crippen LogP contribution in [0, 0.1) is 5.82 Å². The number of allylic oxidation sites excluding steroid dienone is 1. The second kappa shape index (κ2) is 6.44. The molecule has 116 valence electrons. The maximum Gasteiger partial charge on any atom is 0.414 e. The molecule has 1 fully saturated rings. The van der Waals surface area contributed by atoms with Gasteiger partial charge < -0.3 is 4.74 Å². The number of carbonyl (C=O) groups is 2. The molecule has 0 unspecified atom stereocenters. The van der Waals surface area contributed by atoms with Gasteiger partial charge in [-0.05, 0) is 35.9 Å². The fourth-order valence-electron chi connectivity index (χ4n) is 2.30. The first-order valence-electron chi connectivity index (χ1n) is 7.16. The molecule has 0 aromatic heterocycles. The SMILES string of the molecule is O=C(C=Cc1ccc(F)cc1)c1cccc(N2CCOC2=O)c1. The molecular formula is C18H14FNO3. The van der Waals surface area contributed by atoms with Crippen LogP contribution in [-0.2, 0) is 4.74 Å². The first kappa shape index (κ1) is 15.0. The largest absolute Gasteiger partial charge is 0.447 e. The van der Waals surface area contributed by atoms with E-state index in [9.17, 15) is 14.0 Å². The Morgan fingerprint density at radius 2 is 1.96 bits per heavy atom. The quantitative estimate of drug-likeness (QED) is 0.639. The van der Waals surface area contributed by atoms with Gasteiger partial charge in [0, 0.05) is 11.3 Å². The summed E-state index contributed by atoms with van der Waals surface area (Å²) in [6.07, 6.45) is 2.64. The molecule has 0 aliphatic carbocycles. The van der Waals surface area contributed by atoms with Crippen molar-refractivity contribution in [2.45, 2.75) is 0 Å². The van der Waals surface area contributed by atoms with Gasteiger partial charge in [0.2, 0.25) is 0 Å². The molecule has 4 nitrogen and oxygen atoms in total. The average molecular weight is 311 g/mol. The van der Waals surface area contributed by atoms with Gasteiger partial charge >= 0.3 is 6.09 Å². The summed E-state index contributed by atoms with van der Waals surface area (Å²) in [7, 11) is 0. The van der Waals surface area contributed by atoms with E-state index in [2.05, 4.69) is 0 Å². The molecule has 1 amide bonds. The summed E-state index contributed by atoms with van der Waals surface area (Å²) in [5.74, 6) is -0.512. The number of anilines is 1. The molecule has 2 aromatic rings. The Morgan fingerprint density at radius 1 is 1.17 bits per heavy atom. The maximum absolute atomic E-state index is 12.8. The van der Waals surface area contributed by atoms with Crippen LogP contribution < -0.4 is 4.90 Å². The summed E-state index contributed by atoms with van der Waals surface area (Å²) >= 11 is 0. The zero-order valence-electron chi connectivity index (χ0n) is 12.2. The monoisotopic (exact) mass is 311 g/mol. The summed E-state index contributed by atoms with van der Waals surface area (Å²) in [5, 5.41) is 0. The van der Waals surface area contributed by atoms with Gasteiger partial charge in [0.25, 0.3) is 0 Å². The molecule has 1 saturated heterocycles. The molecule has 1 heterocycles. The fraction of sp³-hybridized carbons (Fsp3) is 0.111. The molecule has 0 N–H and O–H groups in total. The van der Waals surface area contributed by atoms with Crippen molar-refractivity contribution in [2.75, 3.05) is 18.1 Å². The van der Waals surface area contributed by atoms with Gasteiger partial charge in [-0.2, -0.15) is 0 Å². The topological polar surface area (TPSA) is 46.6 Å². The van der Waals surface area contributed by atoms with Crippen molar-refractivity contribution in [3.63, 3.8) is 0 Å². The van der Waals surface area contributed by atoms with Crippen LogP contribution in [0.2, 0.25) is 0 Å². The Kier molecular flexibility index (Phi) is 4.19. The highest BCUT2D eigenvalue weighted by Gasteiger charge is 2.23. The number of benzene rings is 2. The van der Waals surface area contributed by atoms with Gasteiger partial charge in [-0.15, -0.1) is 0 Å². The first-order chi connectivity index (χ1) is 11.1. The number of hydrogen-bond donors (Lipinski definition) is 0. The van der Waals surface area contributed by atoms with Crippen molar-refractivity contribution >= 4 is 23.6 Å². The van der Waals surface area contributed by atoms with E-state index >= 15 is 0 Å². The minimum atomic E-state index is -0.406. The van der Waals surface area contributed by atoms with E-state index < -0.39 is 6.09 Å². The van der Waals surface area contributed by atoms with Crippen molar-refractivity contribution in [1.82, 2.24) is 0 Å². The lowest BCUT2D eigenvalue weighted by molar-refractivity contribution is 0.104. The lowest BCUT2D eigenvalue weighted by Crippen LogP contribution is -2.23. The number of ether oxygens (including phenoxy) is 1. The number of hydrogen-bond acceptors (Lipinski definition) is 3.